The SMILES string of the molecule is CC(=O)C(=O)Cl.CCOC(=O)c1oc2cc(O)cc(O)c2c(=O)c1-c1ccc(O)cc1.O=C(Cc1ccc(O)cc1)c1c(O)cc(O)cc1O.O=C(O)c1oc2cc(O)cc(O)c2c(=O)c1-c1ccc(O)cc1.O=c1c(-c2ccc(O)cc2)coc2cc(O)cc(O)c12. The van der Waals surface area contributed by atoms with E-state index >= 15 is 0 Å². The molecule has 27 heteroatoms. The van der Waals surface area contributed by atoms with Gasteiger partial charge in [-0.1, -0.05) is 48.5 Å². The summed E-state index contributed by atoms with van der Waals surface area (Å²) in [7, 11) is 0. The van der Waals surface area contributed by atoms with Gasteiger partial charge in [-0.25, -0.2) is 9.59 Å². The van der Waals surface area contributed by atoms with Gasteiger partial charge in [0.2, 0.25) is 33.6 Å². The van der Waals surface area contributed by atoms with Gasteiger partial charge < -0.3 is 89.5 Å². The molecule has 0 saturated carbocycles. The molecule has 0 aliphatic heterocycles. The van der Waals surface area contributed by atoms with E-state index in [0.29, 0.717) is 16.7 Å². The minimum Gasteiger partial charge on any atom is -0.508 e. The van der Waals surface area contributed by atoms with E-state index in [4.69, 9.17) is 28.2 Å². The van der Waals surface area contributed by atoms with Crippen LogP contribution in [0.5, 0.6) is 74.7 Å². The number of phenols is 13. The fourth-order valence-electron chi connectivity index (χ4n) is 8.67. The highest BCUT2D eigenvalue weighted by Gasteiger charge is 2.27. The third kappa shape index (κ3) is 16.0. The Hall–Kier alpha value is -13.0. The lowest BCUT2D eigenvalue weighted by Crippen LogP contribution is -2.15. The van der Waals surface area contributed by atoms with Crippen molar-refractivity contribution in [2.24, 2.45) is 0 Å². The topological polar surface area (TPSA) is 468 Å². The first-order valence-electron chi connectivity index (χ1n) is 26.6. The monoisotopic (exact) mass is 1290 g/mol. The van der Waals surface area contributed by atoms with Crippen molar-refractivity contribution in [3.8, 4) is 108 Å². The van der Waals surface area contributed by atoms with Crippen LogP contribution in [0.25, 0.3) is 66.3 Å². The molecule has 3 aromatic heterocycles. The van der Waals surface area contributed by atoms with Gasteiger partial charge in [0.05, 0.1) is 23.3 Å². The highest BCUT2D eigenvalue weighted by molar-refractivity contribution is 6.80. The van der Waals surface area contributed by atoms with Gasteiger partial charge in [-0.3, -0.25) is 28.8 Å². The van der Waals surface area contributed by atoms with E-state index in [0.717, 1.165) is 49.4 Å². The van der Waals surface area contributed by atoms with Crippen molar-refractivity contribution in [2.75, 3.05) is 6.61 Å². The number of carboxylic acid groups (broad SMARTS) is 1. The highest BCUT2D eigenvalue weighted by atomic mass is 35.5. The number of benzene rings is 8. The Balaban J connectivity index is 0.000000171. The number of fused-ring (bicyclic) bond motifs is 3. The zero-order valence-corrected chi connectivity index (χ0v) is 48.6. The number of ether oxygens (including phenoxy) is 1. The molecule has 0 radical (unpaired) electrons. The van der Waals surface area contributed by atoms with Crippen LogP contribution in [0.15, 0.2) is 179 Å². The quantitative estimate of drug-likeness (QED) is 0.0262. The molecule has 0 bridgehead atoms. The van der Waals surface area contributed by atoms with E-state index in [-0.39, 0.29) is 131 Å². The fraction of sp³-hybridized carbons (Fsp3) is 0.0606. The number of aromatic hydroxyl groups is 13. The van der Waals surface area contributed by atoms with Crippen molar-refractivity contribution in [3.05, 3.63) is 205 Å². The molecule has 0 atom stereocenters. The molecule has 26 nitrogen and oxygen atoms in total. The van der Waals surface area contributed by atoms with E-state index < -0.39 is 73.8 Å². The Morgan fingerprint density at radius 3 is 1.18 bits per heavy atom. The molecule has 11 aromatic rings. The number of rotatable bonds is 10. The maximum Gasteiger partial charge on any atom is 0.375 e. The summed E-state index contributed by atoms with van der Waals surface area (Å²) in [6.45, 7) is 2.80. The van der Waals surface area contributed by atoms with Crippen LogP contribution in [-0.2, 0) is 20.7 Å². The molecule has 14 N–H and O–H groups in total. The number of carboxylic acids is 1. The predicted octanol–water partition coefficient (Wildman–Crippen LogP) is 9.88. The van der Waals surface area contributed by atoms with Crippen LogP contribution in [0.4, 0.5) is 0 Å². The summed E-state index contributed by atoms with van der Waals surface area (Å²) in [5.41, 5.74) is -0.723. The Morgan fingerprint density at radius 1 is 0.441 bits per heavy atom. The number of aromatic carboxylic acids is 1. The number of carbonyl (C=O) groups excluding carboxylic acids is 4. The maximum absolute atomic E-state index is 12.9. The van der Waals surface area contributed by atoms with Crippen LogP contribution in [0.3, 0.4) is 0 Å². The molecule has 11 rings (SSSR count). The van der Waals surface area contributed by atoms with Crippen LogP contribution in [0, 0.1) is 0 Å². The third-order valence-corrected chi connectivity index (χ3v) is 13.1. The smallest absolute Gasteiger partial charge is 0.375 e. The summed E-state index contributed by atoms with van der Waals surface area (Å²) >= 11 is 4.62. The summed E-state index contributed by atoms with van der Waals surface area (Å²) in [6.07, 6.45) is 1.22. The summed E-state index contributed by atoms with van der Waals surface area (Å²) in [5.74, 6) is -7.77. The minimum absolute atomic E-state index is 0.00775. The second-order valence-corrected chi connectivity index (χ2v) is 19.7. The molecule has 0 aliphatic rings. The Kier molecular flexibility index (Phi) is 21.0. The van der Waals surface area contributed by atoms with Gasteiger partial charge in [0.25, 0.3) is 5.24 Å². The lowest BCUT2D eigenvalue weighted by molar-refractivity contribution is -0.130. The number of hydrogen-bond donors (Lipinski definition) is 14. The standard InChI is InChI=1S/C18H14O7.C16H10O7.C15H10O5.C14H12O5.C3H3ClO2/c1-2-24-18(23)17-14(9-3-5-10(19)6-4-9)16(22)15-12(21)7-11(20)8-13(15)25-17;17-8-3-1-7(2-4-8)12-14(20)13-10(19)5-9(18)6-11(13)23-15(12)16(21)22;16-9-3-1-8(2-4-9)11-7-20-13-6-10(17)5-12(18)14(13)15(11)19;15-9-3-1-8(2-4-9)5-11(17)14-12(18)6-10(16)7-13(14)19;1-2(5)3(4)6/h3-8,19-21H,2H2,1H3;1-6,17-19H,(H,21,22);1-7,16-18H;1-4,6-7,15-16,18-19H,5H2;1H3. The number of phenolic OH excluding ortho intramolecular Hbond substituents is 13. The second-order valence-electron chi connectivity index (χ2n) is 19.4. The summed E-state index contributed by atoms with van der Waals surface area (Å²) in [5, 5.41) is 132. The first-order chi connectivity index (χ1) is 44.0. The van der Waals surface area contributed by atoms with Crippen LogP contribution in [0.2, 0.25) is 0 Å². The average Bonchev–Trinajstić information content (AvgIpc) is 0.780. The zero-order valence-electron chi connectivity index (χ0n) is 47.9. The van der Waals surface area contributed by atoms with E-state index in [1.807, 2.05) is 0 Å². The third-order valence-electron chi connectivity index (χ3n) is 12.8. The molecule has 0 aliphatic carbocycles. The van der Waals surface area contributed by atoms with Crippen molar-refractivity contribution < 1.29 is 113 Å². The van der Waals surface area contributed by atoms with Crippen LogP contribution in [-0.4, -0.2) is 107 Å². The van der Waals surface area contributed by atoms with Crippen LogP contribution >= 0.6 is 11.6 Å². The number of ketones is 2. The predicted molar refractivity (Wildman–Crippen MR) is 331 cm³/mol. The van der Waals surface area contributed by atoms with Crippen LogP contribution < -0.4 is 16.3 Å². The normalized spacial score (nSPS) is 10.5. The number of hydrogen-bond acceptors (Lipinski definition) is 25. The van der Waals surface area contributed by atoms with Crippen molar-refractivity contribution in [1.29, 1.82) is 0 Å². The van der Waals surface area contributed by atoms with E-state index in [9.17, 15) is 99.6 Å². The van der Waals surface area contributed by atoms with Crippen molar-refractivity contribution in [1.82, 2.24) is 0 Å². The first kappa shape index (κ1) is 67.5. The molecule has 8 aromatic carbocycles. The van der Waals surface area contributed by atoms with E-state index in [1.54, 1.807) is 31.2 Å². The molecule has 93 heavy (non-hydrogen) atoms. The Morgan fingerprint density at radius 2 is 0.785 bits per heavy atom. The van der Waals surface area contributed by atoms with Gasteiger partial charge in [0.15, 0.2) is 5.78 Å². The number of carbonyl (C=O) groups is 5. The minimum atomic E-state index is -1.48. The van der Waals surface area contributed by atoms with E-state index in [2.05, 4.69) is 11.6 Å². The number of halogens is 1. The molecule has 476 valence electrons. The summed E-state index contributed by atoms with van der Waals surface area (Å²) in [6, 6.07) is 31.4. The lowest BCUT2D eigenvalue weighted by atomic mass is 10.0. The zero-order chi connectivity index (χ0) is 68.3. The average molecular weight is 1290 g/mol. The fourth-order valence-corrected chi connectivity index (χ4v) is 8.67. The van der Waals surface area contributed by atoms with Gasteiger partial charge in [-0.05, 0) is 89.3 Å². The highest BCUT2D eigenvalue weighted by Crippen LogP contribution is 2.37. The molecule has 3 heterocycles. The first-order valence-corrected chi connectivity index (χ1v) is 26.9. The molecule has 0 unspecified atom stereocenters. The van der Waals surface area contributed by atoms with Gasteiger partial charge in [0, 0.05) is 61.9 Å². The van der Waals surface area contributed by atoms with Gasteiger partial charge in [-0.2, -0.15) is 0 Å². The lowest BCUT2D eigenvalue weighted by Gasteiger charge is -2.10. The van der Waals surface area contributed by atoms with Crippen LogP contribution in [0.1, 0.15) is 50.9 Å². The largest absolute Gasteiger partial charge is 0.508 e. The molecule has 0 saturated heterocycles. The molecule has 0 amide bonds. The molecule has 0 spiro atoms. The van der Waals surface area contributed by atoms with Crippen molar-refractivity contribution >= 4 is 73.3 Å². The number of Topliss-reactive ketones (excluding diaryl/α,β-unsaturated/α-hetero) is 2. The number of esters is 1. The molecular weight excluding hydrogens is 1240 g/mol. The van der Waals surface area contributed by atoms with Gasteiger partial charge in [0.1, 0.15) is 119 Å². The van der Waals surface area contributed by atoms with Gasteiger partial charge >= 0.3 is 11.9 Å². The second kappa shape index (κ2) is 28.9. The van der Waals surface area contributed by atoms with Crippen molar-refractivity contribution in [2.45, 2.75) is 20.3 Å². The van der Waals surface area contributed by atoms with E-state index in [1.165, 1.54) is 85.1 Å². The summed E-state index contributed by atoms with van der Waals surface area (Å²) < 4.78 is 20.9. The van der Waals surface area contributed by atoms with Crippen molar-refractivity contribution in [3.63, 3.8) is 0 Å². The Labute approximate surface area is 524 Å². The summed E-state index contributed by atoms with van der Waals surface area (Å²) in [4.78, 5) is 92.8. The molecule has 0 fully saturated rings. The maximum atomic E-state index is 12.9. The molecular formula is C66H49ClO26. The van der Waals surface area contributed by atoms with Gasteiger partial charge in [-0.15, -0.1) is 0 Å². The Bertz CT molecular complexity index is 4840.